The van der Waals surface area contributed by atoms with Gasteiger partial charge in [-0.1, -0.05) is 12.1 Å². The van der Waals surface area contributed by atoms with Crippen molar-refractivity contribution in [1.82, 2.24) is 4.90 Å². The molecule has 1 fully saturated rings. The molecule has 4 nitrogen and oxygen atoms in total. The maximum atomic E-state index is 11.4. The molecule has 1 aromatic carbocycles. The summed E-state index contributed by atoms with van der Waals surface area (Å²) in [6.07, 6.45) is 2.15. The molecule has 0 aliphatic carbocycles. The van der Waals surface area contributed by atoms with E-state index in [0.717, 1.165) is 31.5 Å². The van der Waals surface area contributed by atoms with Crippen molar-refractivity contribution < 1.29 is 14.6 Å². The Morgan fingerprint density at radius 1 is 1.41 bits per heavy atom. The highest BCUT2D eigenvalue weighted by atomic mass is 16.5. The van der Waals surface area contributed by atoms with Crippen LogP contribution >= 0.6 is 0 Å². The van der Waals surface area contributed by atoms with Crippen LogP contribution in [0.4, 0.5) is 0 Å². The standard InChI is InChI=1S/C13H17NO3/c1-17-11-6-4-5-10(9-11)12(13(15)16)14-7-2-3-8-14/h4-6,9,12H,2-3,7-8H2,1H3,(H,15,16). The summed E-state index contributed by atoms with van der Waals surface area (Å²) in [6, 6.07) is 6.76. The molecule has 1 atom stereocenters. The summed E-state index contributed by atoms with van der Waals surface area (Å²) < 4.78 is 5.14. The maximum absolute atomic E-state index is 11.4. The van der Waals surface area contributed by atoms with Crippen molar-refractivity contribution in [2.24, 2.45) is 0 Å². The monoisotopic (exact) mass is 235 g/mol. The molecular formula is C13H17NO3. The molecule has 1 unspecified atom stereocenters. The zero-order valence-electron chi connectivity index (χ0n) is 9.93. The van der Waals surface area contributed by atoms with Crippen LogP contribution in [-0.2, 0) is 4.79 Å². The molecule has 17 heavy (non-hydrogen) atoms. The van der Waals surface area contributed by atoms with Crippen molar-refractivity contribution in [3.63, 3.8) is 0 Å². The largest absolute Gasteiger partial charge is 0.497 e. The highest BCUT2D eigenvalue weighted by Gasteiger charge is 2.29. The van der Waals surface area contributed by atoms with E-state index in [1.165, 1.54) is 0 Å². The van der Waals surface area contributed by atoms with Gasteiger partial charge < -0.3 is 9.84 Å². The summed E-state index contributed by atoms with van der Waals surface area (Å²) in [7, 11) is 1.59. The zero-order valence-corrected chi connectivity index (χ0v) is 9.93. The first-order valence-electron chi connectivity index (χ1n) is 5.83. The first-order chi connectivity index (χ1) is 8.22. The fourth-order valence-electron chi connectivity index (χ4n) is 2.32. The Bertz CT molecular complexity index is 399. The van der Waals surface area contributed by atoms with Gasteiger partial charge >= 0.3 is 5.97 Å². The highest BCUT2D eigenvalue weighted by Crippen LogP contribution is 2.27. The normalized spacial score (nSPS) is 17.9. The molecule has 1 aliphatic rings. The van der Waals surface area contributed by atoms with E-state index < -0.39 is 12.0 Å². The molecule has 1 saturated heterocycles. The molecule has 2 rings (SSSR count). The Labute approximate surface area is 101 Å². The fourth-order valence-corrected chi connectivity index (χ4v) is 2.32. The van der Waals surface area contributed by atoms with Crippen LogP contribution in [0.5, 0.6) is 5.75 Å². The number of carboxylic acids is 1. The summed E-state index contributed by atoms with van der Waals surface area (Å²) in [5, 5.41) is 9.37. The molecule has 1 N–H and O–H groups in total. The molecule has 0 saturated carbocycles. The van der Waals surface area contributed by atoms with E-state index >= 15 is 0 Å². The topological polar surface area (TPSA) is 49.8 Å². The quantitative estimate of drug-likeness (QED) is 0.866. The van der Waals surface area contributed by atoms with Gasteiger partial charge in [-0.15, -0.1) is 0 Å². The van der Waals surface area contributed by atoms with Crippen LogP contribution in [0, 0.1) is 0 Å². The second-order valence-electron chi connectivity index (χ2n) is 4.26. The van der Waals surface area contributed by atoms with Crippen molar-refractivity contribution in [2.45, 2.75) is 18.9 Å². The summed E-state index contributed by atoms with van der Waals surface area (Å²) in [4.78, 5) is 13.4. The fraction of sp³-hybridized carbons (Fsp3) is 0.462. The average molecular weight is 235 g/mol. The van der Waals surface area contributed by atoms with E-state index in [-0.39, 0.29) is 0 Å². The lowest BCUT2D eigenvalue weighted by Gasteiger charge is -2.24. The number of hydrogen-bond donors (Lipinski definition) is 1. The van der Waals surface area contributed by atoms with Crippen molar-refractivity contribution in [3.05, 3.63) is 29.8 Å². The Kier molecular flexibility index (Phi) is 3.64. The smallest absolute Gasteiger partial charge is 0.325 e. The number of aliphatic carboxylic acids is 1. The molecule has 0 spiro atoms. The lowest BCUT2D eigenvalue weighted by molar-refractivity contribution is -0.143. The van der Waals surface area contributed by atoms with Gasteiger partial charge in [-0.3, -0.25) is 9.69 Å². The summed E-state index contributed by atoms with van der Waals surface area (Å²) in [5.74, 6) is -0.0897. The predicted molar refractivity (Wildman–Crippen MR) is 64.2 cm³/mol. The highest BCUT2D eigenvalue weighted by molar-refractivity contribution is 5.75. The Hall–Kier alpha value is -1.55. The third kappa shape index (κ3) is 2.58. The van der Waals surface area contributed by atoms with Crippen LogP contribution < -0.4 is 4.74 Å². The molecule has 92 valence electrons. The third-order valence-corrected chi connectivity index (χ3v) is 3.15. The Morgan fingerprint density at radius 3 is 2.71 bits per heavy atom. The number of carbonyl (C=O) groups is 1. The molecule has 0 bridgehead atoms. The number of benzene rings is 1. The van der Waals surface area contributed by atoms with Crippen LogP contribution in [0.25, 0.3) is 0 Å². The second kappa shape index (κ2) is 5.19. The van der Waals surface area contributed by atoms with Gasteiger partial charge in [0.25, 0.3) is 0 Å². The van der Waals surface area contributed by atoms with Gasteiger partial charge in [0.1, 0.15) is 11.8 Å². The molecule has 0 amide bonds. The number of methoxy groups -OCH3 is 1. The minimum atomic E-state index is -0.792. The van der Waals surface area contributed by atoms with Crippen LogP contribution in [0.1, 0.15) is 24.4 Å². The van der Waals surface area contributed by atoms with Crippen LogP contribution in [-0.4, -0.2) is 36.2 Å². The number of hydrogen-bond acceptors (Lipinski definition) is 3. The summed E-state index contributed by atoms with van der Waals surface area (Å²) in [5.41, 5.74) is 0.791. The number of carboxylic acid groups (broad SMARTS) is 1. The lowest BCUT2D eigenvalue weighted by atomic mass is 10.1. The van der Waals surface area contributed by atoms with Crippen molar-refractivity contribution in [2.75, 3.05) is 20.2 Å². The van der Waals surface area contributed by atoms with E-state index in [1.807, 2.05) is 23.1 Å². The first kappa shape index (κ1) is 11.9. The molecule has 1 aromatic rings. The van der Waals surface area contributed by atoms with Gasteiger partial charge in [-0.2, -0.15) is 0 Å². The van der Waals surface area contributed by atoms with Crippen LogP contribution in [0.15, 0.2) is 24.3 Å². The predicted octanol–water partition coefficient (Wildman–Crippen LogP) is 1.92. The molecule has 4 heteroatoms. The van der Waals surface area contributed by atoms with E-state index in [2.05, 4.69) is 0 Å². The first-order valence-corrected chi connectivity index (χ1v) is 5.83. The summed E-state index contributed by atoms with van der Waals surface area (Å²) >= 11 is 0. The maximum Gasteiger partial charge on any atom is 0.325 e. The number of ether oxygens (including phenoxy) is 1. The van der Waals surface area contributed by atoms with Gasteiger partial charge in [0.2, 0.25) is 0 Å². The van der Waals surface area contributed by atoms with Gasteiger partial charge in [0, 0.05) is 0 Å². The van der Waals surface area contributed by atoms with E-state index in [0.29, 0.717) is 5.75 Å². The van der Waals surface area contributed by atoms with Gasteiger partial charge in [-0.25, -0.2) is 0 Å². The second-order valence-corrected chi connectivity index (χ2v) is 4.26. The molecule has 0 radical (unpaired) electrons. The number of rotatable bonds is 4. The van der Waals surface area contributed by atoms with Crippen molar-refractivity contribution >= 4 is 5.97 Å². The number of likely N-dealkylation sites (tertiary alicyclic amines) is 1. The van der Waals surface area contributed by atoms with Gasteiger partial charge in [-0.05, 0) is 43.6 Å². The molecule has 0 aromatic heterocycles. The van der Waals surface area contributed by atoms with Crippen molar-refractivity contribution in [1.29, 1.82) is 0 Å². The Balaban J connectivity index is 2.28. The SMILES string of the molecule is COc1cccc(C(C(=O)O)N2CCCC2)c1. The minimum absolute atomic E-state index is 0.549. The van der Waals surface area contributed by atoms with Crippen molar-refractivity contribution in [3.8, 4) is 5.75 Å². The minimum Gasteiger partial charge on any atom is -0.497 e. The zero-order chi connectivity index (χ0) is 12.3. The van der Waals surface area contributed by atoms with Crippen LogP contribution in [0.3, 0.4) is 0 Å². The van der Waals surface area contributed by atoms with E-state index in [4.69, 9.17) is 4.74 Å². The molecular weight excluding hydrogens is 218 g/mol. The number of nitrogens with zero attached hydrogens (tertiary/aromatic N) is 1. The average Bonchev–Trinajstić information content (AvgIpc) is 2.83. The van der Waals surface area contributed by atoms with E-state index in [9.17, 15) is 9.90 Å². The Morgan fingerprint density at radius 2 is 2.12 bits per heavy atom. The third-order valence-electron chi connectivity index (χ3n) is 3.15. The van der Waals surface area contributed by atoms with Gasteiger partial charge in [0.05, 0.1) is 7.11 Å². The van der Waals surface area contributed by atoms with Gasteiger partial charge in [0.15, 0.2) is 0 Å². The lowest BCUT2D eigenvalue weighted by Crippen LogP contribution is -2.31. The van der Waals surface area contributed by atoms with Crippen LogP contribution in [0.2, 0.25) is 0 Å². The molecule has 1 aliphatic heterocycles. The summed E-state index contributed by atoms with van der Waals surface area (Å²) in [6.45, 7) is 1.71. The molecule has 1 heterocycles. The van der Waals surface area contributed by atoms with E-state index in [1.54, 1.807) is 13.2 Å².